The molecule has 1 fully saturated rings. The van der Waals surface area contributed by atoms with E-state index in [1.807, 2.05) is 48.5 Å². The molecule has 0 radical (unpaired) electrons. The van der Waals surface area contributed by atoms with Gasteiger partial charge in [0.1, 0.15) is 0 Å². The average molecular weight is 499 g/mol. The number of aromatic nitrogens is 4. The molecule has 0 aliphatic carbocycles. The minimum Gasteiger partial charge on any atom is -0.490 e. The maximum absolute atomic E-state index is 12.5. The predicted octanol–water partition coefficient (Wildman–Crippen LogP) is 3.10. The molecule has 0 saturated carbocycles. The highest BCUT2D eigenvalue weighted by Crippen LogP contribution is 2.20. The van der Waals surface area contributed by atoms with Gasteiger partial charge < -0.3 is 15.2 Å². The number of nitrogen functional groups attached to an aromatic ring is 1. The van der Waals surface area contributed by atoms with E-state index < -0.39 is 0 Å². The summed E-state index contributed by atoms with van der Waals surface area (Å²) in [5, 5.41) is 4.55. The predicted molar refractivity (Wildman–Crippen MR) is 142 cm³/mol. The van der Waals surface area contributed by atoms with Crippen molar-refractivity contribution < 1.29 is 9.47 Å². The van der Waals surface area contributed by atoms with Crippen molar-refractivity contribution in [3.8, 4) is 28.4 Å². The van der Waals surface area contributed by atoms with Crippen LogP contribution in [0.25, 0.3) is 22.6 Å². The summed E-state index contributed by atoms with van der Waals surface area (Å²) in [6.45, 7) is 5.51. The Balaban J connectivity index is 1.22. The molecule has 5 rings (SSSR count). The van der Waals surface area contributed by atoms with Gasteiger partial charge in [-0.3, -0.25) is 9.69 Å². The lowest BCUT2D eigenvalue weighted by Gasteiger charge is -2.26. The van der Waals surface area contributed by atoms with Crippen molar-refractivity contribution in [2.45, 2.75) is 13.0 Å². The zero-order valence-corrected chi connectivity index (χ0v) is 20.6. The summed E-state index contributed by atoms with van der Waals surface area (Å²) in [5.74, 6) is 1.24. The molecule has 37 heavy (non-hydrogen) atoms. The molecule has 3 heterocycles. The van der Waals surface area contributed by atoms with Crippen LogP contribution in [0.5, 0.6) is 5.75 Å². The first-order chi connectivity index (χ1) is 18.1. The Morgan fingerprint density at radius 3 is 2.54 bits per heavy atom. The number of hydrogen-bond donors (Lipinski definition) is 1. The molecule has 0 atom stereocenters. The monoisotopic (exact) mass is 498 g/mol. The van der Waals surface area contributed by atoms with Gasteiger partial charge in [-0.1, -0.05) is 30.3 Å². The largest absolute Gasteiger partial charge is 0.490 e. The summed E-state index contributed by atoms with van der Waals surface area (Å²) < 4.78 is 12.7. The van der Waals surface area contributed by atoms with Crippen LogP contribution in [-0.4, -0.2) is 64.1 Å². The van der Waals surface area contributed by atoms with Crippen molar-refractivity contribution in [2.24, 2.45) is 0 Å². The van der Waals surface area contributed by atoms with Crippen LogP contribution in [0.4, 0.5) is 5.69 Å². The summed E-state index contributed by atoms with van der Waals surface area (Å²) in [7, 11) is 0. The third-order valence-corrected chi connectivity index (χ3v) is 6.19. The van der Waals surface area contributed by atoms with E-state index >= 15 is 0 Å². The smallest absolute Gasteiger partial charge is 0.267 e. The van der Waals surface area contributed by atoms with Gasteiger partial charge in [0.25, 0.3) is 5.56 Å². The normalized spacial score (nSPS) is 13.9. The Hall–Kier alpha value is -4.08. The number of rotatable bonds is 9. The Morgan fingerprint density at radius 1 is 0.946 bits per heavy atom. The highest BCUT2D eigenvalue weighted by molar-refractivity contribution is 5.63. The van der Waals surface area contributed by atoms with Crippen molar-refractivity contribution in [3.05, 3.63) is 89.0 Å². The molecule has 190 valence electrons. The lowest BCUT2D eigenvalue weighted by molar-refractivity contribution is 0.0358. The number of nitrogens with zero attached hydrogens (tertiary/aromatic N) is 5. The molecule has 9 heteroatoms. The zero-order valence-electron chi connectivity index (χ0n) is 20.6. The van der Waals surface area contributed by atoms with Crippen molar-refractivity contribution in [1.29, 1.82) is 0 Å². The molecule has 0 spiro atoms. The van der Waals surface area contributed by atoms with Crippen molar-refractivity contribution in [1.82, 2.24) is 24.6 Å². The second-order valence-corrected chi connectivity index (χ2v) is 8.94. The minimum atomic E-state index is -0.176. The van der Waals surface area contributed by atoms with Gasteiger partial charge in [0.15, 0.2) is 11.6 Å². The maximum atomic E-state index is 12.5. The molecule has 0 bridgehead atoms. The van der Waals surface area contributed by atoms with Crippen molar-refractivity contribution >= 4 is 5.69 Å². The first kappa shape index (κ1) is 24.6. The Bertz CT molecular complexity index is 1380. The number of anilines is 1. The molecule has 0 amide bonds. The summed E-state index contributed by atoms with van der Waals surface area (Å²) in [5.41, 5.74) is 9.70. The van der Waals surface area contributed by atoms with Crippen LogP contribution in [-0.2, 0) is 11.3 Å². The van der Waals surface area contributed by atoms with Crippen LogP contribution in [0.1, 0.15) is 12.0 Å². The molecule has 2 aromatic carbocycles. The molecule has 0 unspecified atom stereocenters. The molecule has 1 aliphatic heterocycles. The first-order valence-electron chi connectivity index (χ1n) is 12.4. The topological polar surface area (TPSA) is 108 Å². The fourth-order valence-electron chi connectivity index (χ4n) is 4.24. The van der Waals surface area contributed by atoms with E-state index in [1.165, 1.54) is 10.7 Å². The molecule has 2 aromatic heterocycles. The average Bonchev–Trinajstić information content (AvgIpc) is 2.93. The lowest BCUT2D eigenvalue weighted by atomic mass is 10.1. The van der Waals surface area contributed by atoms with E-state index in [-0.39, 0.29) is 5.56 Å². The number of morpholine rings is 1. The second kappa shape index (κ2) is 11.8. The quantitative estimate of drug-likeness (QED) is 0.277. The molecule has 2 N–H and O–H groups in total. The second-order valence-electron chi connectivity index (χ2n) is 8.94. The number of benzene rings is 2. The van der Waals surface area contributed by atoms with Crippen molar-refractivity contribution in [2.75, 3.05) is 45.2 Å². The van der Waals surface area contributed by atoms with E-state index in [2.05, 4.69) is 20.0 Å². The molecular formula is C28H30N6O3. The SMILES string of the molecule is Nc1cccc(-c2ccc(=O)n(Cc3cccc(-c4ncc(OCCCN5CCOCC5)cn4)c3)n2)c1. The minimum absolute atomic E-state index is 0.176. The fraction of sp³-hybridized carbons (Fsp3) is 0.286. The highest BCUT2D eigenvalue weighted by atomic mass is 16.5. The van der Waals surface area contributed by atoms with Gasteiger partial charge in [-0.25, -0.2) is 14.6 Å². The van der Waals surface area contributed by atoms with Crippen LogP contribution >= 0.6 is 0 Å². The van der Waals surface area contributed by atoms with Crippen molar-refractivity contribution in [3.63, 3.8) is 0 Å². The summed E-state index contributed by atoms with van der Waals surface area (Å²) in [4.78, 5) is 23.9. The van der Waals surface area contributed by atoms with Gasteiger partial charge in [-0.05, 0) is 36.2 Å². The number of nitrogens with two attached hydrogens (primary N) is 1. The zero-order chi connectivity index (χ0) is 25.5. The number of ether oxygens (including phenoxy) is 2. The third kappa shape index (κ3) is 6.58. The van der Waals surface area contributed by atoms with Gasteiger partial charge in [0, 0.05) is 42.5 Å². The van der Waals surface area contributed by atoms with E-state index in [0.717, 1.165) is 56.0 Å². The van der Waals surface area contributed by atoms with E-state index in [1.54, 1.807) is 18.5 Å². The molecular weight excluding hydrogens is 468 g/mol. The number of hydrogen-bond acceptors (Lipinski definition) is 8. The maximum Gasteiger partial charge on any atom is 0.267 e. The van der Waals surface area contributed by atoms with Gasteiger partial charge in [-0.15, -0.1) is 0 Å². The van der Waals surface area contributed by atoms with Crippen LogP contribution in [0.15, 0.2) is 77.9 Å². The Labute approximate surface area is 215 Å². The summed E-state index contributed by atoms with van der Waals surface area (Å²) in [6.07, 6.45) is 4.34. The lowest BCUT2D eigenvalue weighted by Crippen LogP contribution is -2.37. The van der Waals surface area contributed by atoms with Crippen LogP contribution in [0.2, 0.25) is 0 Å². The first-order valence-corrected chi connectivity index (χ1v) is 12.4. The Morgan fingerprint density at radius 2 is 1.73 bits per heavy atom. The summed E-state index contributed by atoms with van der Waals surface area (Å²) >= 11 is 0. The van der Waals surface area contributed by atoms with Gasteiger partial charge >= 0.3 is 0 Å². The van der Waals surface area contributed by atoms with Crippen LogP contribution in [0, 0.1) is 0 Å². The van der Waals surface area contributed by atoms with Gasteiger partial charge in [0.2, 0.25) is 0 Å². The summed E-state index contributed by atoms with van der Waals surface area (Å²) in [6, 6.07) is 18.5. The van der Waals surface area contributed by atoms with Crippen LogP contribution < -0.4 is 16.0 Å². The molecule has 4 aromatic rings. The van der Waals surface area contributed by atoms with E-state index in [9.17, 15) is 4.79 Å². The molecule has 1 saturated heterocycles. The van der Waals surface area contributed by atoms with E-state index in [0.29, 0.717) is 36.1 Å². The van der Waals surface area contributed by atoms with Gasteiger partial charge in [-0.2, -0.15) is 5.10 Å². The van der Waals surface area contributed by atoms with Gasteiger partial charge in [0.05, 0.1) is 44.5 Å². The molecule has 1 aliphatic rings. The Kier molecular flexibility index (Phi) is 7.83. The highest BCUT2D eigenvalue weighted by Gasteiger charge is 2.10. The van der Waals surface area contributed by atoms with E-state index in [4.69, 9.17) is 15.2 Å². The molecule has 9 nitrogen and oxygen atoms in total. The fourth-order valence-corrected chi connectivity index (χ4v) is 4.24. The standard InChI is InChI=1S/C28H30N6O3/c29-24-7-2-5-22(17-24)26-8-9-27(35)34(32-26)20-21-4-1-6-23(16-21)28-30-18-25(19-31-28)37-13-3-10-33-11-14-36-15-12-33/h1-2,4-9,16-19H,3,10-15,20,29H2. The third-order valence-electron chi connectivity index (χ3n) is 6.19. The van der Waals surface area contributed by atoms with Crippen LogP contribution in [0.3, 0.4) is 0 Å².